The van der Waals surface area contributed by atoms with Gasteiger partial charge in [-0.15, -0.1) is 0 Å². The van der Waals surface area contributed by atoms with Crippen molar-refractivity contribution >= 4 is 17.8 Å². The predicted octanol–water partition coefficient (Wildman–Crippen LogP) is 2.62. The molecule has 0 aliphatic heterocycles. The normalized spacial score (nSPS) is 14.6. The number of carbonyl (C=O) groups excluding carboxylic acids is 3. The zero-order chi connectivity index (χ0) is 19.3. The quantitative estimate of drug-likeness (QED) is 0.794. The molecule has 6 nitrogen and oxygen atoms in total. The van der Waals surface area contributed by atoms with Gasteiger partial charge in [-0.1, -0.05) is 48.9 Å². The fraction of sp³-hybridized carbons (Fsp3) is 0.286. The van der Waals surface area contributed by atoms with Gasteiger partial charge >= 0.3 is 5.97 Å². The van der Waals surface area contributed by atoms with Crippen molar-refractivity contribution in [3.8, 4) is 5.75 Å². The molecule has 6 heteroatoms. The number of carbonyl (C=O) groups is 3. The summed E-state index contributed by atoms with van der Waals surface area (Å²) in [5.41, 5.74) is 0.444. The highest BCUT2D eigenvalue weighted by molar-refractivity contribution is 6.06. The summed E-state index contributed by atoms with van der Waals surface area (Å²) < 4.78 is 10.3. The Bertz CT molecular complexity index is 843. The topological polar surface area (TPSA) is 81.7 Å². The van der Waals surface area contributed by atoms with Crippen molar-refractivity contribution in [1.29, 1.82) is 0 Å². The zero-order valence-corrected chi connectivity index (χ0v) is 15.1. The number of rotatable bonds is 6. The molecular formula is C21H21NO5. The summed E-state index contributed by atoms with van der Waals surface area (Å²) in [6.45, 7) is -0.506. The van der Waals surface area contributed by atoms with Gasteiger partial charge in [0.25, 0.3) is 11.8 Å². The number of para-hydroxylation sites is 1. The minimum absolute atomic E-state index is 0.236. The Hall–Kier alpha value is -3.15. The number of esters is 1. The third-order valence-corrected chi connectivity index (χ3v) is 4.86. The van der Waals surface area contributed by atoms with Crippen LogP contribution in [0.25, 0.3) is 0 Å². The minimum atomic E-state index is -0.686. The number of hydrogen-bond donors (Lipinski definition) is 1. The molecule has 27 heavy (non-hydrogen) atoms. The lowest BCUT2D eigenvalue weighted by molar-refractivity contribution is -0.157. The van der Waals surface area contributed by atoms with E-state index in [2.05, 4.69) is 5.32 Å². The van der Waals surface area contributed by atoms with Crippen LogP contribution in [-0.4, -0.2) is 31.5 Å². The minimum Gasteiger partial charge on any atom is -0.496 e. The monoisotopic (exact) mass is 367 g/mol. The molecule has 1 aliphatic rings. The van der Waals surface area contributed by atoms with E-state index in [1.165, 1.54) is 7.11 Å². The first-order valence-electron chi connectivity index (χ1n) is 8.77. The Kier molecular flexibility index (Phi) is 5.54. The van der Waals surface area contributed by atoms with E-state index in [1.807, 2.05) is 30.3 Å². The van der Waals surface area contributed by atoms with Gasteiger partial charge in [0.15, 0.2) is 6.61 Å². The van der Waals surface area contributed by atoms with Crippen LogP contribution in [0.1, 0.15) is 35.2 Å². The maximum absolute atomic E-state index is 12.6. The molecule has 1 fully saturated rings. The SMILES string of the molecule is COc1ccccc1C(=O)NC(=O)COC(=O)C1(c2ccccc2)CCC1. The van der Waals surface area contributed by atoms with Gasteiger partial charge in [0.05, 0.1) is 18.1 Å². The third-order valence-electron chi connectivity index (χ3n) is 4.86. The highest BCUT2D eigenvalue weighted by atomic mass is 16.5. The first-order valence-corrected chi connectivity index (χ1v) is 8.77. The van der Waals surface area contributed by atoms with E-state index in [9.17, 15) is 14.4 Å². The van der Waals surface area contributed by atoms with Gasteiger partial charge < -0.3 is 9.47 Å². The molecule has 0 heterocycles. The summed E-state index contributed by atoms with van der Waals surface area (Å²) in [4.78, 5) is 36.9. The number of benzene rings is 2. The number of methoxy groups -OCH3 is 1. The van der Waals surface area contributed by atoms with Crippen LogP contribution in [0.4, 0.5) is 0 Å². The fourth-order valence-electron chi connectivity index (χ4n) is 3.23. The van der Waals surface area contributed by atoms with Gasteiger partial charge in [0, 0.05) is 0 Å². The van der Waals surface area contributed by atoms with Crippen molar-refractivity contribution in [2.75, 3.05) is 13.7 Å². The molecule has 0 unspecified atom stereocenters. The van der Waals surface area contributed by atoms with E-state index in [-0.39, 0.29) is 5.56 Å². The molecule has 1 N–H and O–H groups in total. The van der Waals surface area contributed by atoms with Gasteiger partial charge in [-0.3, -0.25) is 19.7 Å². The summed E-state index contributed by atoms with van der Waals surface area (Å²) in [6, 6.07) is 16.0. The van der Waals surface area contributed by atoms with Gasteiger partial charge in [0.1, 0.15) is 5.75 Å². The molecule has 140 valence electrons. The lowest BCUT2D eigenvalue weighted by atomic mass is 9.64. The number of hydrogen-bond acceptors (Lipinski definition) is 5. The number of amides is 2. The highest BCUT2D eigenvalue weighted by Gasteiger charge is 2.47. The molecule has 3 rings (SSSR count). The molecule has 0 atom stereocenters. The maximum Gasteiger partial charge on any atom is 0.317 e. The number of ether oxygens (including phenoxy) is 2. The van der Waals surface area contributed by atoms with E-state index in [0.717, 1.165) is 12.0 Å². The number of imide groups is 1. The molecule has 0 aromatic heterocycles. The second-order valence-electron chi connectivity index (χ2n) is 6.46. The van der Waals surface area contributed by atoms with Crippen LogP contribution in [0.2, 0.25) is 0 Å². The average Bonchev–Trinajstić information content (AvgIpc) is 2.66. The fourth-order valence-corrected chi connectivity index (χ4v) is 3.23. The lowest BCUT2D eigenvalue weighted by Gasteiger charge is -2.39. The molecular weight excluding hydrogens is 346 g/mol. The first-order chi connectivity index (χ1) is 13.1. The largest absolute Gasteiger partial charge is 0.496 e. The van der Waals surface area contributed by atoms with Crippen LogP contribution in [0, 0.1) is 0 Å². The molecule has 0 radical (unpaired) electrons. The van der Waals surface area contributed by atoms with Crippen molar-refractivity contribution in [2.24, 2.45) is 0 Å². The maximum atomic E-state index is 12.6. The zero-order valence-electron chi connectivity index (χ0n) is 15.1. The number of nitrogens with one attached hydrogen (secondary N) is 1. The van der Waals surface area contributed by atoms with Crippen LogP contribution < -0.4 is 10.1 Å². The van der Waals surface area contributed by atoms with Gasteiger partial charge in [-0.05, 0) is 30.5 Å². The average molecular weight is 367 g/mol. The molecule has 2 aromatic rings. The van der Waals surface area contributed by atoms with E-state index in [4.69, 9.17) is 9.47 Å². The van der Waals surface area contributed by atoms with E-state index in [0.29, 0.717) is 18.6 Å². The van der Waals surface area contributed by atoms with Crippen LogP contribution in [-0.2, 0) is 19.7 Å². The third kappa shape index (κ3) is 3.84. The summed E-state index contributed by atoms with van der Waals surface area (Å²) in [5.74, 6) is -1.35. The Morgan fingerprint density at radius 3 is 2.30 bits per heavy atom. The molecule has 0 saturated heterocycles. The lowest BCUT2D eigenvalue weighted by Crippen LogP contribution is -2.45. The summed E-state index contributed by atoms with van der Waals surface area (Å²) in [7, 11) is 1.44. The Balaban J connectivity index is 1.59. The van der Waals surface area contributed by atoms with Crippen molar-refractivity contribution in [2.45, 2.75) is 24.7 Å². The standard InChI is InChI=1S/C21H21NO5/c1-26-17-11-6-5-10-16(17)19(24)22-18(23)14-27-20(25)21(12-7-13-21)15-8-3-2-4-9-15/h2-6,8-11H,7,12-14H2,1H3,(H,22,23,24). The second kappa shape index (κ2) is 8.03. The Morgan fingerprint density at radius 2 is 1.67 bits per heavy atom. The van der Waals surface area contributed by atoms with Crippen molar-refractivity contribution < 1.29 is 23.9 Å². The predicted molar refractivity (Wildman–Crippen MR) is 98.4 cm³/mol. The second-order valence-corrected chi connectivity index (χ2v) is 6.46. The smallest absolute Gasteiger partial charge is 0.317 e. The van der Waals surface area contributed by atoms with Gasteiger partial charge in [0.2, 0.25) is 0 Å². The van der Waals surface area contributed by atoms with Crippen LogP contribution in [0.5, 0.6) is 5.75 Å². The van der Waals surface area contributed by atoms with Crippen LogP contribution in [0.3, 0.4) is 0 Å². The van der Waals surface area contributed by atoms with Crippen LogP contribution >= 0.6 is 0 Å². The molecule has 0 spiro atoms. The molecule has 2 aromatic carbocycles. The van der Waals surface area contributed by atoms with Crippen molar-refractivity contribution in [1.82, 2.24) is 5.32 Å². The Labute approximate surface area is 157 Å². The first kappa shape index (κ1) is 18.6. The van der Waals surface area contributed by atoms with Crippen molar-refractivity contribution in [3.63, 3.8) is 0 Å². The van der Waals surface area contributed by atoms with Crippen LogP contribution in [0.15, 0.2) is 54.6 Å². The van der Waals surface area contributed by atoms with E-state index < -0.39 is 29.8 Å². The molecule has 1 aliphatic carbocycles. The highest BCUT2D eigenvalue weighted by Crippen LogP contribution is 2.44. The van der Waals surface area contributed by atoms with Gasteiger partial charge in [-0.2, -0.15) is 0 Å². The summed E-state index contributed by atoms with van der Waals surface area (Å²) >= 11 is 0. The van der Waals surface area contributed by atoms with E-state index >= 15 is 0 Å². The molecule has 2 amide bonds. The Morgan fingerprint density at radius 1 is 1.00 bits per heavy atom. The summed E-state index contributed by atoms with van der Waals surface area (Å²) in [6.07, 6.45) is 2.32. The van der Waals surface area contributed by atoms with Gasteiger partial charge in [-0.25, -0.2) is 0 Å². The summed E-state index contributed by atoms with van der Waals surface area (Å²) in [5, 5.41) is 2.22. The van der Waals surface area contributed by atoms with E-state index in [1.54, 1.807) is 24.3 Å². The molecule has 0 bridgehead atoms. The van der Waals surface area contributed by atoms with Crippen molar-refractivity contribution in [3.05, 3.63) is 65.7 Å². The molecule has 1 saturated carbocycles.